The highest BCUT2D eigenvalue weighted by Gasteiger charge is 2.20. The monoisotopic (exact) mass is 338 g/mol. The van der Waals surface area contributed by atoms with Crippen molar-refractivity contribution in [2.45, 2.75) is 46.4 Å². The van der Waals surface area contributed by atoms with Crippen LogP contribution in [0.1, 0.15) is 45.0 Å². The Hall–Kier alpha value is -1.74. The number of thioether (sulfide) groups is 1. The molecule has 1 aliphatic heterocycles. The molecular formula is C21H26N2S. The van der Waals surface area contributed by atoms with E-state index in [2.05, 4.69) is 70.3 Å². The molecule has 0 radical (unpaired) electrons. The first kappa shape index (κ1) is 17.1. The lowest BCUT2D eigenvalue weighted by Crippen LogP contribution is -2.21. The molecule has 0 spiro atoms. The normalized spacial score (nSPS) is 16.9. The number of nitrogens with one attached hydrogen (secondary N) is 1. The smallest absolute Gasteiger partial charge is 0.157 e. The van der Waals surface area contributed by atoms with E-state index in [0.29, 0.717) is 6.04 Å². The molecule has 24 heavy (non-hydrogen) atoms. The van der Waals surface area contributed by atoms with E-state index in [9.17, 15) is 0 Å². The molecule has 0 amide bonds. The molecule has 0 aliphatic carbocycles. The fourth-order valence-electron chi connectivity index (χ4n) is 3.31. The zero-order valence-corrected chi connectivity index (χ0v) is 16.1. The lowest BCUT2D eigenvalue weighted by atomic mass is 9.90. The molecule has 1 aliphatic rings. The van der Waals surface area contributed by atoms with Crippen LogP contribution in [0.5, 0.6) is 0 Å². The molecule has 2 aromatic rings. The summed E-state index contributed by atoms with van der Waals surface area (Å²) in [5, 5.41) is 4.64. The molecule has 126 valence electrons. The van der Waals surface area contributed by atoms with E-state index in [-0.39, 0.29) is 0 Å². The summed E-state index contributed by atoms with van der Waals surface area (Å²) >= 11 is 1.83. The number of benzene rings is 2. The van der Waals surface area contributed by atoms with E-state index in [1.165, 1.54) is 38.9 Å². The van der Waals surface area contributed by atoms with Gasteiger partial charge in [0.15, 0.2) is 5.17 Å². The lowest BCUT2D eigenvalue weighted by Gasteiger charge is -2.18. The van der Waals surface area contributed by atoms with Gasteiger partial charge in [-0.05, 0) is 73.6 Å². The minimum absolute atomic E-state index is 0.317. The van der Waals surface area contributed by atoms with Crippen LogP contribution in [0.4, 0.5) is 0 Å². The molecule has 1 heterocycles. The van der Waals surface area contributed by atoms with Gasteiger partial charge >= 0.3 is 0 Å². The largest absolute Gasteiger partial charge is 0.356 e. The average molecular weight is 339 g/mol. The van der Waals surface area contributed by atoms with Crippen molar-refractivity contribution in [2.75, 3.05) is 6.54 Å². The Morgan fingerprint density at radius 3 is 2.12 bits per heavy atom. The van der Waals surface area contributed by atoms with Gasteiger partial charge in [0, 0.05) is 5.75 Å². The summed E-state index contributed by atoms with van der Waals surface area (Å²) in [5.41, 5.74) is 9.93. The van der Waals surface area contributed by atoms with Gasteiger partial charge in [-0.25, -0.2) is 0 Å². The molecule has 3 heteroatoms. The molecule has 0 saturated carbocycles. The van der Waals surface area contributed by atoms with Crippen LogP contribution in [-0.4, -0.2) is 11.7 Å². The van der Waals surface area contributed by atoms with Gasteiger partial charge in [-0.15, -0.1) is 0 Å². The second-order valence-electron chi connectivity index (χ2n) is 6.65. The number of rotatable bonds is 3. The first-order valence-electron chi connectivity index (χ1n) is 8.53. The number of hydrogen-bond acceptors (Lipinski definition) is 3. The average Bonchev–Trinajstić information content (AvgIpc) is 3.08. The standard InChI is InChI=1S/C21H26N2S/c1-13-14(2)16(4)19(17(5)15(13)3)12-24-21-22-11-20(23-21)18-9-7-6-8-10-18/h6-10,20H,11-12H2,1-5H3,(H,22,23). The summed E-state index contributed by atoms with van der Waals surface area (Å²) in [4.78, 5) is 4.70. The molecule has 0 aromatic heterocycles. The Balaban J connectivity index is 1.70. The molecule has 0 saturated heterocycles. The molecule has 1 unspecified atom stereocenters. The first-order valence-corrected chi connectivity index (χ1v) is 9.52. The van der Waals surface area contributed by atoms with Crippen molar-refractivity contribution in [1.82, 2.24) is 5.32 Å². The molecule has 2 aromatic carbocycles. The summed E-state index contributed by atoms with van der Waals surface area (Å²) < 4.78 is 0. The molecule has 0 bridgehead atoms. The van der Waals surface area contributed by atoms with Gasteiger partial charge < -0.3 is 5.32 Å². The summed E-state index contributed by atoms with van der Waals surface area (Å²) in [7, 11) is 0. The van der Waals surface area contributed by atoms with Crippen LogP contribution in [-0.2, 0) is 5.75 Å². The first-order chi connectivity index (χ1) is 11.5. The van der Waals surface area contributed by atoms with Crippen molar-refractivity contribution < 1.29 is 0 Å². The Morgan fingerprint density at radius 2 is 1.50 bits per heavy atom. The molecule has 0 fully saturated rings. The number of aliphatic imine (C=N–C) groups is 1. The second kappa shape index (κ2) is 7.02. The van der Waals surface area contributed by atoms with E-state index in [0.717, 1.165) is 17.5 Å². The van der Waals surface area contributed by atoms with Gasteiger partial charge in [-0.2, -0.15) is 0 Å². The fourth-order valence-corrected chi connectivity index (χ4v) is 4.42. The van der Waals surface area contributed by atoms with Crippen LogP contribution in [0.2, 0.25) is 0 Å². The highest BCUT2D eigenvalue weighted by atomic mass is 32.2. The number of nitrogens with zero attached hydrogens (tertiary/aromatic N) is 1. The quantitative estimate of drug-likeness (QED) is 0.835. The number of amidine groups is 1. The SMILES string of the molecule is Cc1c(C)c(C)c(CSC2=NCC(c3ccccc3)N2)c(C)c1C. The minimum Gasteiger partial charge on any atom is -0.356 e. The van der Waals surface area contributed by atoms with E-state index < -0.39 is 0 Å². The van der Waals surface area contributed by atoms with Gasteiger partial charge in [-0.1, -0.05) is 42.1 Å². The predicted molar refractivity (Wildman–Crippen MR) is 106 cm³/mol. The number of hydrogen-bond donors (Lipinski definition) is 1. The maximum absolute atomic E-state index is 4.70. The fraction of sp³-hybridized carbons (Fsp3) is 0.381. The van der Waals surface area contributed by atoms with E-state index in [1.807, 2.05) is 11.8 Å². The summed E-state index contributed by atoms with van der Waals surface area (Å²) in [6.07, 6.45) is 0. The van der Waals surface area contributed by atoms with Crippen LogP contribution in [0.25, 0.3) is 0 Å². The maximum Gasteiger partial charge on any atom is 0.157 e. The van der Waals surface area contributed by atoms with E-state index in [1.54, 1.807) is 0 Å². The van der Waals surface area contributed by atoms with Crippen molar-refractivity contribution >= 4 is 16.9 Å². The highest BCUT2D eigenvalue weighted by Crippen LogP contribution is 2.30. The Bertz CT molecular complexity index is 749. The topological polar surface area (TPSA) is 24.4 Å². The van der Waals surface area contributed by atoms with Crippen LogP contribution >= 0.6 is 11.8 Å². The van der Waals surface area contributed by atoms with Crippen LogP contribution < -0.4 is 5.32 Å². The van der Waals surface area contributed by atoms with E-state index >= 15 is 0 Å². The molecule has 3 rings (SSSR count). The van der Waals surface area contributed by atoms with Gasteiger partial charge in [0.25, 0.3) is 0 Å². The summed E-state index contributed by atoms with van der Waals surface area (Å²) in [5.74, 6) is 0.979. The Kier molecular flexibility index (Phi) is 5.00. The lowest BCUT2D eigenvalue weighted by molar-refractivity contribution is 0.712. The van der Waals surface area contributed by atoms with Crippen LogP contribution in [0, 0.1) is 34.6 Å². The van der Waals surface area contributed by atoms with Gasteiger partial charge in [0.1, 0.15) is 0 Å². The van der Waals surface area contributed by atoms with Crippen molar-refractivity contribution in [2.24, 2.45) is 4.99 Å². The summed E-state index contributed by atoms with van der Waals surface area (Å²) in [6.45, 7) is 12.0. The highest BCUT2D eigenvalue weighted by molar-refractivity contribution is 8.13. The Labute approximate surface area is 149 Å². The van der Waals surface area contributed by atoms with Gasteiger partial charge in [0.2, 0.25) is 0 Å². The van der Waals surface area contributed by atoms with Crippen LogP contribution in [0.3, 0.4) is 0 Å². The van der Waals surface area contributed by atoms with Crippen molar-refractivity contribution in [1.29, 1.82) is 0 Å². The van der Waals surface area contributed by atoms with Gasteiger partial charge in [-0.3, -0.25) is 4.99 Å². The molecule has 1 N–H and O–H groups in total. The zero-order chi connectivity index (χ0) is 17.3. The molecule has 2 nitrogen and oxygen atoms in total. The van der Waals surface area contributed by atoms with Crippen molar-refractivity contribution in [3.8, 4) is 0 Å². The third kappa shape index (κ3) is 3.23. The van der Waals surface area contributed by atoms with Crippen molar-refractivity contribution in [3.05, 3.63) is 69.3 Å². The zero-order valence-electron chi connectivity index (χ0n) is 15.2. The van der Waals surface area contributed by atoms with Gasteiger partial charge in [0.05, 0.1) is 12.6 Å². The van der Waals surface area contributed by atoms with Crippen LogP contribution in [0.15, 0.2) is 35.3 Å². The van der Waals surface area contributed by atoms with Crippen molar-refractivity contribution in [3.63, 3.8) is 0 Å². The second-order valence-corrected chi connectivity index (χ2v) is 7.61. The van der Waals surface area contributed by atoms with E-state index in [4.69, 9.17) is 4.99 Å². The molecular weight excluding hydrogens is 312 g/mol. The third-order valence-electron chi connectivity index (χ3n) is 5.43. The third-order valence-corrected chi connectivity index (χ3v) is 6.38. The molecule has 1 atom stereocenters. The maximum atomic E-state index is 4.70. The predicted octanol–water partition coefficient (Wildman–Crippen LogP) is 5.16. The summed E-state index contributed by atoms with van der Waals surface area (Å²) in [6, 6.07) is 10.9. The Morgan fingerprint density at radius 1 is 0.917 bits per heavy atom. The minimum atomic E-state index is 0.317.